The number of nitrogens with one attached hydrogen (secondary N) is 1. The summed E-state index contributed by atoms with van der Waals surface area (Å²) in [5.41, 5.74) is 2.06. The summed E-state index contributed by atoms with van der Waals surface area (Å²) in [7, 11) is 0. The average Bonchev–Trinajstić information content (AvgIpc) is 2.88. The van der Waals surface area contributed by atoms with Gasteiger partial charge in [-0.25, -0.2) is 0 Å². The molecule has 36 heavy (non-hydrogen) atoms. The number of anilines is 1. The number of carboxylic acids is 1. The van der Waals surface area contributed by atoms with Crippen LogP contribution in [0.15, 0.2) is 60.7 Å². The van der Waals surface area contributed by atoms with Gasteiger partial charge in [0.05, 0.1) is 0 Å². The summed E-state index contributed by atoms with van der Waals surface area (Å²) in [6.45, 7) is 2.27. The van der Waals surface area contributed by atoms with Gasteiger partial charge in [-0.2, -0.15) is 0 Å². The molecular weight excluding hydrogens is 658 g/mol. The number of carboxylic acid groups (broad SMARTS) is 1. The molecule has 0 saturated carbocycles. The number of hydrogen-bond acceptors (Lipinski definition) is 2. The molecule has 0 spiro atoms. The molecule has 0 unspecified atom stereocenters. The van der Waals surface area contributed by atoms with Gasteiger partial charge in [0.2, 0.25) is 0 Å². The van der Waals surface area contributed by atoms with Crippen LogP contribution in [0, 0.1) is 0 Å². The molecule has 2 N–H and O–H groups in total. The summed E-state index contributed by atoms with van der Waals surface area (Å²) in [6, 6.07) is 19.9. The van der Waals surface area contributed by atoms with Gasteiger partial charge in [0.1, 0.15) is 4.99 Å². The van der Waals surface area contributed by atoms with Gasteiger partial charge in [0.25, 0.3) is 0 Å². The van der Waals surface area contributed by atoms with Crippen molar-refractivity contribution in [3.05, 3.63) is 66.2 Å². The summed E-state index contributed by atoms with van der Waals surface area (Å²) >= 11 is 5.29. The molecule has 2 aromatic rings. The van der Waals surface area contributed by atoms with Crippen LogP contribution < -0.4 is 5.32 Å². The molecule has 0 saturated heterocycles. The first-order valence-corrected chi connectivity index (χ1v) is 14.2. The maximum absolute atomic E-state index is 10.3. The van der Waals surface area contributed by atoms with E-state index in [9.17, 15) is 4.79 Å². The average molecular weight is 707 g/mol. The van der Waals surface area contributed by atoms with Crippen molar-refractivity contribution in [1.29, 1.82) is 0 Å². The number of aliphatic carboxylic acids is 1. The topological polar surface area (TPSA) is 49.3 Å². The minimum atomic E-state index is -0.653. The predicted octanol–water partition coefficient (Wildman–Crippen LogP) is 8.89. The number of para-hydroxylation sites is 1. The van der Waals surface area contributed by atoms with Gasteiger partial charge >= 0.3 is 33.3 Å². The van der Waals surface area contributed by atoms with E-state index >= 15 is 0 Å². The molecule has 5 heteroatoms. The van der Waals surface area contributed by atoms with E-state index in [0.29, 0.717) is 6.42 Å². The van der Waals surface area contributed by atoms with Gasteiger partial charge in [-0.15, -0.1) is 0 Å². The Labute approximate surface area is 246 Å². The molecule has 3 nitrogen and oxygen atoms in total. The summed E-state index contributed by atoms with van der Waals surface area (Å²) in [5, 5.41) is 11.7. The molecule has 0 fully saturated rings. The molecule has 0 aromatic heterocycles. The fourth-order valence-corrected chi connectivity index (χ4v) is 4.22. The van der Waals surface area contributed by atoms with E-state index in [1.165, 1.54) is 83.5 Å². The third-order valence-corrected chi connectivity index (χ3v) is 6.40. The molecule has 0 amide bonds. The molecule has 0 aliphatic carbocycles. The second-order valence-electron chi connectivity index (χ2n) is 9.28. The van der Waals surface area contributed by atoms with E-state index in [1.54, 1.807) is 0 Å². The normalized spacial score (nSPS) is 10.0. The molecule has 2 aromatic carbocycles. The van der Waals surface area contributed by atoms with E-state index in [4.69, 9.17) is 17.3 Å². The zero-order valence-electron chi connectivity index (χ0n) is 22.6. The van der Waals surface area contributed by atoms with Gasteiger partial charge < -0.3 is 10.4 Å². The Hall–Kier alpha value is -1.28. The number of benzene rings is 2. The number of unbranched alkanes of at least 4 members (excludes halogenated alkanes) is 14. The Morgan fingerprint density at radius 3 is 1.47 bits per heavy atom. The van der Waals surface area contributed by atoms with Crippen molar-refractivity contribution in [3.63, 3.8) is 0 Å². The minimum absolute atomic E-state index is 0. The molecule has 0 aliphatic heterocycles. The van der Waals surface area contributed by atoms with Crippen molar-refractivity contribution in [2.45, 2.75) is 110 Å². The number of rotatable bonds is 18. The molecule has 0 atom stereocenters. The fraction of sp³-hybridized carbons (Fsp3) is 0.548. The van der Waals surface area contributed by atoms with E-state index < -0.39 is 5.97 Å². The monoisotopic (exact) mass is 707 g/mol. The van der Waals surface area contributed by atoms with Crippen LogP contribution in [0.1, 0.15) is 115 Å². The molecule has 2 radical (unpaired) electrons. The standard InChI is InChI=1S/C18H36O2.C13H11NS.Pb.2H/c1-2-3-4-5-6-7-8-9-10-11-12-13-14-15-16-17-18(19)20;15-13(11-7-3-1-4-8-11)14-12-9-5-2-6-10-12;;;/h2-17H2,1H3,(H,19,20);1-10H,(H,14,15);;;. The summed E-state index contributed by atoms with van der Waals surface area (Å²) in [5.74, 6) is -0.653. The predicted molar refractivity (Wildman–Crippen MR) is 164 cm³/mol. The molecule has 0 heterocycles. The quantitative estimate of drug-likeness (QED) is 0.0924. The van der Waals surface area contributed by atoms with Crippen LogP contribution in [0.3, 0.4) is 0 Å². The number of carbonyl (C=O) groups is 1. The third kappa shape index (κ3) is 20.9. The van der Waals surface area contributed by atoms with Crippen molar-refractivity contribution in [2.75, 3.05) is 5.32 Å². The molecule has 0 bridgehead atoms. The van der Waals surface area contributed by atoms with Crippen LogP contribution in [0.2, 0.25) is 0 Å². The number of thiocarbonyl (C=S) groups is 1. The molecule has 0 aliphatic rings. The summed E-state index contributed by atoms with van der Waals surface area (Å²) < 4.78 is 0. The van der Waals surface area contributed by atoms with Gasteiger partial charge in [-0.05, 0) is 18.6 Å². The van der Waals surface area contributed by atoms with Crippen molar-refractivity contribution >= 4 is 56.2 Å². The van der Waals surface area contributed by atoms with E-state index in [1.807, 2.05) is 60.7 Å². The fourth-order valence-electron chi connectivity index (χ4n) is 3.96. The second-order valence-corrected chi connectivity index (χ2v) is 9.69. The third-order valence-electron chi connectivity index (χ3n) is 6.06. The van der Waals surface area contributed by atoms with Crippen LogP contribution in [-0.2, 0) is 4.79 Å². The second kappa shape index (κ2) is 25.4. The summed E-state index contributed by atoms with van der Waals surface area (Å²) in [4.78, 5) is 11.1. The van der Waals surface area contributed by atoms with Crippen molar-refractivity contribution in [3.8, 4) is 0 Å². The first-order valence-electron chi connectivity index (χ1n) is 13.8. The molecular formula is C31H49NO2PbS. The Bertz CT molecular complexity index is 771. The zero-order chi connectivity index (χ0) is 25.4. The van der Waals surface area contributed by atoms with Crippen molar-refractivity contribution < 1.29 is 9.90 Å². The Morgan fingerprint density at radius 2 is 1.06 bits per heavy atom. The van der Waals surface area contributed by atoms with Crippen LogP contribution in [0.4, 0.5) is 5.69 Å². The van der Waals surface area contributed by atoms with E-state index in [0.717, 1.165) is 29.1 Å². The van der Waals surface area contributed by atoms with Gasteiger partial charge in [0.15, 0.2) is 0 Å². The molecule has 2 rings (SSSR count). The van der Waals surface area contributed by atoms with Crippen LogP contribution in [-0.4, -0.2) is 43.4 Å². The Balaban J connectivity index is 0.000000682. The first-order chi connectivity index (χ1) is 17.1. The maximum atomic E-state index is 10.3. The van der Waals surface area contributed by atoms with Crippen molar-refractivity contribution in [2.24, 2.45) is 0 Å². The number of hydrogen-bond donors (Lipinski definition) is 2. The van der Waals surface area contributed by atoms with Crippen molar-refractivity contribution in [1.82, 2.24) is 0 Å². The van der Waals surface area contributed by atoms with Crippen LogP contribution >= 0.6 is 12.2 Å². The summed E-state index contributed by atoms with van der Waals surface area (Å²) in [6.07, 6.45) is 20.2. The Morgan fingerprint density at radius 1 is 0.667 bits per heavy atom. The zero-order valence-corrected chi connectivity index (χ0v) is 28.9. The van der Waals surface area contributed by atoms with E-state index in [-0.39, 0.29) is 27.3 Å². The van der Waals surface area contributed by atoms with Gasteiger partial charge in [-0.3, -0.25) is 4.79 Å². The SMILES string of the molecule is CCCCCCCCCCCCCCCCCC(=O)O.S=C(Nc1ccccc1)c1ccccc1.[PbH2]. The van der Waals surface area contributed by atoms with E-state index in [2.05, 4.69) is 12.2 Å². The first kappa shape index (κ1) is 34.7. The van der Waals surface area contributed by atoms with Gasteiger partial charge in [0, 0.05) is 17.7 Å². The Kier molecular flexibility index (Phi) is 24.5. The van der Waals surface area contributed by atoms with Crippen LogP contribution in [0.25, 0.3) is 0 Å². The van der Waals surface area contributed by atoms with Crippen LogP contribution in [0.5, 0.6) is 0 Å². The molecule has 200 valence electrons. The van der Waals surface area contributed by atoms with Gasteiger partial charge in [-0.1, -0.05) is 158 Å².